The molecule has 156 valence electrons. The summed E-state index contributed by atoms with van der Waals surface area (Å²) in [6.07, 6.45) is 2.29. The number of piperidine rings is 1. The number of para-hydroxylation sites is 1. The summed E-state index contributed by atoms with van der Waals surface area (Å²) in [6, 6.07) is 19.3. The van der Waals surface area contributed by atoms with Crippen molar-refractivity contribution < 1.29 is 14.1 Å². The van der Waals surface area contributed by atoms with E-state index in [9.17, 15) is 4.79 Å². The summed E-state index contributed by atoms with van der Waals surface area (Å²) in [6.45, 7) is 1.82. The van der Waals surface area contributed by atoms with E-state index in [-0.39, 0.29) is 5.91 Å². The average molecular weight is 405 g/mol. The Bertz CT molecular complexity index is 953. The maximum absolute atomic E-state index is 12.5. The van der Waals surface area contributed by atoms with Crippen molar-refractivity contribution in [1.82, 2.24) is 10.5 Å². The minimum atomic E-state index is 0.0668. The number of hydrogen-bond acceptors (Lipinski definition) is 5. The molecule has 0 bridgehead atoms. The highest BCUT2D eigenvalue weighted by Crippen LogP contribution is 2.29. The van der Waals surface area contributed by atoms with E-state index in [2.05, 4.69) is 15.8 Å². The van der Waals surface area contributed by atoms with E-state index in [0.717, 1.165) is 54.4 Å². The molecule has 1 amide bonds. The maximum atomic E-state index is 12.5. The van der Waals surface area contributed by atoms with Crippen LogP contribution in [0.3, 0.4) is 0 Å². The Morgan fingerprint density at radius 1 is 1.17 bits per heavy atom. The van der Waals surface area contributed by atoms with Crippen LogP contribution >= 0.6 is 0 Å². The standard InChI is InChI=1S/C24H27N3O3/c1-29-22-9-7-17(8-10-22)23-15-21(27-30-23)13-19-16-25-12-11-18(19)14-24(28)26-20-5-3-2-4-6-20/h2-10,15,18-19,25H,11-14,16H2,1H3,(H,26,28). The number of rotatable bonds is 7. The molecule has 2 unspecified atom stereocenters. The molecule has 2 N–H and O–H groups in total. The molecule has 6 heteroatoms. The van der Waals surface area contributed by atoms with E-state index in [4.69, 9.17) is 9.26 Å². The Labute approximate surface area is 176 Å². The molecule has 1 aliphatic rings. The third-order valence-corrected chi connectivity index (χ3v) is 5.68. The van der Waals surface area contributed by atoms with E-state index < -0.39 is 0 Å². The molecule has 1 fully saturated rings. The number of carbonyl (C=O) groups is 1. The fraction of sp³-hybridized carbons (Fsp3) is 0.333. The molecule has 1 aromatic heterocycles. The number of carbonyl (C=O) groups excluding carboxylic acids is 1. The minimum absolute atomic E-state index is 0.0668. The summed E-state index contributed by atoms with van der Waals surface area (Å²) >= 11 is 0. The van der Waals surface area contributed by atoms with Crippen LogP contribution < -0.4 is 15.4 Å². The van der Waals surface area contributed by atoms with Crippen LogP contribution in [0.1, 0.15) is 18.5 Å². The van der Waals surface area contributed by atoms with Gasteiger partial charge >= 0.3 is 0 Å². The van der Waals surface area contributed by atoms with E-state index >= 15 is 0 Å². The number of hydrogen-bond donors (Lipinski definition) is 2. The molecule has 0 aliphatic carbocycles. The van der Waals surface area contributed by atoms with Crippen molar-refractivity contribution in [3.8, 4) is 17.1 Å². The normalized spacial score (nSPS) is 18.7. The largest absolute Gasteiger partial charge is 0.497 e. The lowest BCUT2D eigenvalue weighted by Crippen LogP contribution is -2.39. The van der Waals surface area contributed by atoms with E-state index in [1.165, 1.54) is 0 Å². The van der Waals surface area contributed by atoms with Gasteiger partial charge in [0.15, 0.2) is 5.76 Å². The van der Waals surface area contributed by atoms with Gasteiger partial charge in [0.25, 0.3) is 0 Å². The number of anilines is 1. The zero-order valence-electron chi connectivity index (χ0n) is 17.1. The van der Waals surface area contributed by atoms with E-state index in [0.29, 0.717) is 18.3 Å². The van der Waals surface area contributed by atoms with Gasteiger partial charge in [-0.3, -0.25) is 4.79 Å². The highest BCUT2D eigenvalue weighted by atomic mass is 16.5. The molecule has 3 aromatic rings. The molecule has 6 nitrogen and oxygen atoms in total. The molecule has 0 saturated carbocycles. The van der Waals surface area contributed by atoms with Crippen LogP contribution in [0.15, 0.2) is 65.2 Å². The molecule has 0 radical (unpaired) electrons. The third-order valence-electron chi connectivity index (χ3n) is 5.68. The van der Waals surface area contributed by atoms with E-state index in [1.807, 2.05) is 60.7 Å². The molecule has 2 heterocycles. The lowest BCUT2D eigenvalue weighted by atomic mass is 9.81. The van der Waals surface area contributed by atoms with Crippen molar-refractivity contribution >= 4 is 11.6 Å². The Balaban J connectivity index is 1.38. The second-order valence-corrected chi connectivity index (χ2v) is 7.75. The number of methoxy groups -OCH3 is 1. The van der Waals surface area contributed by atoms with Crippen LogP contribution in [-0.2, 0) is 11.2 Å². The first-order valence-corrected chi connectivity index (χ1v) is 10.4. The number of aromatic nitrogens is 1. The number of nitrogens with zero attached hydrogens (tertiary/aromatic N) is 1. The molecule has 1 aliphatic heterocycles. The van der Waals surface area contributed by atoms with Gasteiger partial charge in [-0.25, -0.2) is 0 Å². The zero-order valence-corrected chi connectivity index (χ0v) is 17.1. The predicted octanol–water partition coefficient (Wildman–Crippen LogP) is 4.15. The Morgan fingerprint density at radius 2 is 1.97 bits per heavy atom. The third kappa shape index (κ3) is 5.07. The summed E-state index contributed by atoms with van der Waals surface area (Å²) in [5, 5.41) is 10.7. The first kappa shape index (κ1) is 20.2. The Hall–Kier alpha value is -3.12. The SMILES string of the molecule is COc1ccc(-c2cc(CC3CNCCC3CC(=O)Nc3ccccc3)no2)cc1. The molecule has 1 saturated heterocycles. The van der Waals surface area contributed by atoms with Crippen LogP contribution in [0, 0.1) is 11.8 Å². The number of nitrogens with one attached hydrogen (secondary N) is 2. The van der Waals surface area contributed by atoms with Gasteiger partial charge in [0.05, 0.1) is 12.8 Å². The quantitative estimate of drug-likeness (QED) is 0.618. The topological polar surface area (TPSA) is 76.4 Å². The van der Waals surface area contributed by atoms with Gasteiger partial charge in [-0.05, 0) is 74.2 Å². The van der Waals surface area contributed by atoms with Crippen LogP contribution in [0.25, 0.3) is 11.3 Å². The van der Waals surface area contributed by atoms with Crippen molar-refractivity contribution in [2.75, 3.05) is 25.5 Å². The molecule has 0 spiro atoms. The van der Waals surface area contributed by atoms with Crippen LogP contribution in [-0.4, -0.2) is 31.3 Å². The second kappa shape index (κ2) is 9.59. The van der Waals surface area contributed by atoms with Gasteiger partial charge in [-0.15, -0.1) is 0 Å². The predicted molar refractivity (Wildman–Crippen MR) is 116 cm³/mol. The molecule has 4 rings (SSSR count). The summed E-state index contributed by atoms with van der Waals surface area (Å²) in [5.74, 6) is 2.28. The lowest BCUT2D eigenvalue weighted by Gasteiger charge is -2.31. The fourth-order valence-corrected chi connectivity index (χ4v) is 4.02. The molecule has 2 atom stereocenters. The lowest BCUT2D eigenvalue weighted by molar-refractivity contribution is -0.117. The summed E-state index contributed by atoms with van der Waals surface area (Å²) in [7, 11) is 1.65. The summed E-state index contributed by atoms with van der Waals surface area (Å²) in [4.78, 5) is 12.5. The monoisotopic (exact) mass is 405 g/mol. The highest BCUT2D eigenvalue weighted by Gasteiger charge is 2.28. The van der Waals surface area contributed by atoms with Gasteiger partial charge in [-0.2, -0.15) is 0 Å². The smallest absolute Gasteiger partial charge is 0.224 e. The fourth-order valence-electron chi connectivity index (χ4n) is 4.02. The Morgan fingerprint density at radius 3 is 2.73 bits per heavy atom. The van der Waals surface area contributed by atoms with E-state index in [1.54, 1.807) is 7.11 Å². The molecular weight excluding hydrogens is 378 g/mol. The highest BCUT2D eigenvalue weighted by molar-refractivity contribution is 5.90. The first-order valence-electron chi connectivity index (χ1n) is 10.4. The summed E-state index contributed by atoms with van der Waals surface area (Å²) in [5.41, 5.74) is 2.73. The van der Waals surface area contributed by atoms with Gasteiger partial charge < -0.3 is 19.9 Å². The zero-order chi connectivity index (χ0) is 20.8. The molecule has 2 aromatic carbocycles. The maximum Gasteiger partial charge on any atom is 0.224 e. The summed E-state index contributed by atoms with van der Waals surface area (Å²) < 4.78 is 10.8. The first-order chi connectivity index (χ1) is 14.7. The van der Waals surface area contributed by atoms with Crippen molar-refractivity contribution in [1.29, 1.82) is 0 Å². The van der Waals surface area contributed by atoms with Gasteiger partial charge in [0.1, 0.15) is 5.75 Å². The molecule has 30 heavy (non-hydrogen) atoms. The van der Waals surface area contributed by atoms with Crippen LogP contribution in [0.5, 0.6) is 5.75 Å². The van der Waals surface area contributed by atoms with Crippen molar-refractivity contribution in [2.24, 2.45) is 11.8 Å². The minimum Gasteiger partial charge on any atom is -0.497 e. The number of benzene rings is 2. The van der Waals surface area contributed by atoms with Crippen molar-refractivity contribution in [2.45, 2.75) is 19.3 Å². The van der Waals surface area contributed by atoms with Crippen molar-refractivity contribution in [3.05, 3.63) is 66.4 Å². The molecular formula is C24H27N3O3. The Kier molecular flexibility index (Phi) is 6.44. The van der Waals surface area contributed by atoms with Crippen LogP contribution in [0.2, 0.25) is 0 Å². The number of amides is 1. The van der Waals surface area contributed by atoms with Crippen LogP contribution in [0.4, 0.5) is 5.69 Å². The van der Waals surface area contributed by atoms with Gasteiger partial charge in [0, 0.05) is 23.7 Å². The number of ether oxygens (including phenoxy) is 1. The second-order valence-electron chi connectivity index (χ2n) is 7.75. The average Bonchev–Trinajstić information content (AvgIpc) is 3.24. The van der Waals surface area contributed by atoms with Crippen molar-refractivity contribution in [3.63, 3.8) is 0 Å². The van der Waals surface area contributed by atoms with Gasteiger partial charge in [0.2, 0.25) is 5.91 Å². The van der Waals surface area contributed by atoms with Gasteiger partial charge in [-0.1, -0.05) is 23.4 Å².